The van der Waals surface area contributed by atoms with Crippen LogP contribution in [0.5, 0.6) is 0 Å². The fraction of sp³-hybridized carbons (Fsp3) is 0.500. The van der Waals surface area contributed by atoms with Gasteiger partial charge in [0, 0.05) is 44.0 Å². The lowest BCUT2D eigenvalue weighted by atomic mass is 10.1. The third kappa shape index (κ3) is 3.08. The summed E-state index contributed by atoms with van der Waals surface area (Å²) in [7, 11) is 2.02. The zero-order valence-electron chi connectivity index (χ0n) is 13.1. The normalized spacial score (nSPS) is 19.5. The van der Waals surface area contributed by atoms with Crippen molar-refractivity contribution in [3.63, 3.8) is 0 Å². The summed E-state index contributed by atoms with van der Waals surface area (Å²) < 4.78 is 2.06. The SMILES string of the molecule is CCN1CCN(C(=O)Cc2cccs2)CC1c1nccn1C. The van der Waals surface area contributed by atoms with Gasteiger partial charge in [0.05, 0.1) is 12.5 Å². The fourth-order valence-electron chi connectivity index (χ4n) is 3.04. The molecule has 0 N–H and O–H groups in total. The predicted molar refractivity (Wildman–Crippen MR) is 87.8 cm³/mol. The number of imidazole rings is 1. The van der Waals surface area contributed by atoms with Gasteiger partial charge in [0.25, 0.3) is 0 Å². The molecule has 6 heteroatoms. The maximum atomic E-state index is 12.5. The van der Waals surface area contributed by atoms with Crippen molar-refractivity contribution in [3.05, 3.63) is 40.6 Å². The molecule has 118 valence electrons. The first-order chi connectivity index (χ1) is 10.7. The van der Waals surface area contributed by atoms with Crippen molar-refractivity contribution < 1.29 is 4.79 Å². The third-order valence-corrected chi connectivity index (χ3v) is 5.19. The highest BCUT2D eigenvalue weighted by molar-refractivity contribution is 7.10. The second-order valence-corrected chi connectivity index (χ2v) is 6.67. The quantitative estimate of drug-likeness (QED) is 0.865. The number of likely N-dealkylation sites (N-methyl/N-ethyl adjacent to an activating group) is 1. The van der Waals surface area contributed by atoms with Crippen molar-refractivity contribution in [3.8, 4) is 0 Å². The number of piperazine rings is 1. The second-order valence-electron chi connectivity index (χ2n) is 5.64. The van der Waals surface area contributed by atoms with Gasteiger partial charge in [-0.05, 0) is 18.0 Å². The minimum atomic E-state index is 0.186. The van der Waals surface area contributed by atoms with Crippen LogP contribution >= 0.6 is 11.3 Å². The van der Waals surface area contributed by atoms with E-state index in [-0.39, 0.29) is 11.9 Å². The van der Waals surface area contributed by atoms with E-state index in [1.807, 2.05) is 41.9 Å². The smallest absolute Gasteiger partial charge is 0.227 e. The molecule has 1 aliphatic rings. The Morgan fingerprint density at radius 3 is 2.95 bits per heavy atom. The van der Waals surface area contributed by atoms with Crippen molar-refractivity contribution in [1.82, 2.24) is 19.4 Å². The van der Waals surface area contributed by atoms with Gasteiger partial charge in [-0.3, -0.25) is 9.69 Å². The van der Waals surface area contributed by atoms with Crippen LogP contribution < -0.4 is 0 Å². The maximum absolute atomic E-state index is 12.5. The molecule has 0 bridgehead atoms. The summed E-state index contributed by atoms with van der Waals surface area (Å²) in [5.41, 5.74) is 0. The average molecular weight is 318 g/mol. The fourth-order valence-corrected chi connectivity index (χ4v) is 3.74. The Hall–Kier alpha value is -1.66. The summed E-state index contributed by atoms with van der Waals surface area (Å²) in [4.78, 5) is 22.6. The molecule has 3 heterocycles. The summed E-state index contributed by atoms with van der Waals surface area (Å²) in [5, 5.41) is 2.02. The van der Waals surface area contributed by atoms with E-state index in [1.54, 1.807) is 11.3 Å². The lowest BCUT2D eigenvalue weighted by molar-refractivity contribution is -0.133. The van der Waals surface area contributed by atoms with Gasteiger partial charge in [-0.2, -0.15) is 0 Å². The lowest BCUT2D eigenvalue weighted by Crippen LogP contribution is -2.51. The molecule has 5 nitrogen and oxygen atoms in total. The molecule has 22 heavy (non-hydrogen) atoms. The number of carbonyl (C=O) groups is 1. The highest BCUT2D eigenvalue weighted by Crippen LogP contribution is 2.24. The number of nitrogens with zero attached hydrogens (tertiary/aromatic N) is 4. The first kappa shape index (κ1) is 15.2. The molecule has 2 aromatic rings. The molecule has 1 amide bonds. The molecule has 0 saturated carbocycles. The predicted octanol–water partition coefficient (Wildman–Crippen LogP) is 1.93. The van der Waals surface area contributed by atoms with Gasteiger partial charge >= 0.3 is 0 Å². The number of thiophene rings is 1. The maximum Gasteiger partial charge on any atom is 0.227 e. The molecule has 1 fully saturated rings. The molecule has 0 aliphatic carbocycles. The van der Waals surface area contributed by atoms with Crippen molar-refractivity contribution in [2.75, 3.05) is 26.2 Å². The molecule has 1 unspecified atom stereocenters. The number of amides is 1. The minimum absolute atomic E-state index is 0.186. The topological polar surface area (TPSA) is 41.4 Å². The molecule has 1 aliphatic heterocycles. The van der Waals surface area contributed by atoms with E-state index in [0.29, 0.717) is 6.42 Å². The Kier molecular flexibility index (Phi) is 4.59. The van der Waals surface area contributed by atoms with E-state index in [2.05, 4.69) is 21.4 Å². The first-order valence-corrected chi connectivity index (χ1v) is 8.58. The third-order valence-electron chi connectivity index (χ3n) is 4.31. The second kappa shape index (κ2) is 6.62. The van der Waals surface area contributed by atoms with E-state index in [1.165, 1.54) is 0 Å². The Morgan fingerprint density at radius 2 is 2.32 bits per heavy atom. The van der Waals surface area contributed by atoms with Gasteiger partial charge in [-0.15, -0.1) is 11.3 Å². The van der Waals surface area contributed by atoms with Gasteiger partial charge < -0.3 is 9.47 Å². The minimum Gasteiger partial charge on any atom is -0.339 e. The lowest BCUT2D eigenvalue weighted by Gasteiger charge is -2.40. The van der Waals surface area contributed by atoms with Gasteiger partial charge in [0.15, 0.2) is 0 Å². The van der Waals surface area contributed by atoms with Crippen LogP contribution in [0.1, 0.15) is 23.7 Å². The molecule has 2 aromatic heterocycles. The molecular formula is C16H22N4OS. The van der Waals surface area contributed by atoms with Crippen LogP contribution in [0.4, 0.5) is 0 Å². The van der Waals surface area contributed by atoms with E-state index in [4.69, 9.17) is 0 Å². The van der Waals surface area contributed by atoms with Crippen molar-refractivity contribution in [2.45, 2.75) is 19.4 Å². The largest absolute Gasteiger partial charge is 0.339 e. The van der Waals surface area contributed by atoms with E-state index >= 15 is 0 Å². The average Bonchev–Trinajstić information content (AvgIpc) is 3.18. The molecule has 0 spiro atoms. The monoisotopic (exact) mass is 318 g/mol. The van der Waals surface area contributed by atoms with E-state index < -0.39 is 0 Å². The van der Waals surface area contributed by atoms with Crippen LogP contribution in [0.3, 0.4) is 0 Å². The molecule has 1 atom stereocenters. The highest BCUT2D eigenvalue weighted by atomic mass is 32.1. The Balaban J connectivity index is 1.73. The summed E-state index contributed by atoms with van der Waals surface area (Å²) in [5.74, 6) is 1.26. The molecule has 0 aromatic carbocycles. The van der Waals surface area contributed by atoms with Crippen molar-refractivity contribution in [1.29, 1.82) is 0 Å². The van der Waals surface area contributed by atoms with Crippen LogP contribution in [0.15, 0.2) is 29.9 Å². The van der Waals surface area contributed by atoms with Gasteiger partial charge in [-0.1, -0.05) is 13.0 Å². The summed E-state index contributed by atoms with van der Waals surface area (Å²) >= 11 is 1.65. The molecular weight excluding hydrogens is 296 g/mol. The number of aromatic nitrogens is 2. The van der Waals surface area contributed by atoms with Crippen molar-refractivity contribution in [2.24, 2.45) is 7.05 Å². The molecule has 0 radical (unpaired) electrons. The summed E-state index contributed by atoms with van der Waals surface area (Å²) in [6, 6.07) is 4.21. The Morgan fingerprint density at radius 1 is 1.45 bits per heavy atom. The molecule has 1 saturated heterocycles. The Bertz CT molecular complexity index is 622. The first-order valence-electron chi connectivity index (χ1n) is 7.70. The van der Waals surface area contributed by atoms with Gasteiger partial charge in [0.2, 0.25) is 5.91 Å². The van der Waals surface area contributed by atoms with Crippen molar-refractivity contribution >= 4 is 17.2 Å². The number of aryl methyl sites for hydroxylation is 1. The zero-order valence-corrected chi connectivity index (χ0v) is 13.9. The highest BCUT2D eigenvalue weighted by Gasteiger charge is 2.31. The number of carbonyl (C=O) groups excluding carboxylic acids is 1. The molecule has 3 rings (SSSR count). The number of rotatable bonds is 4. The van der Waals surface area contributed by atoms with E-state index in [9.17, 15) is 4.79 Å². The summed E-state index contributed by atoms with van der Waals surface area (Å²) in [6.45, 7) is 5.58. The van der Waals surface area contributed by atoms with Crippen LogP contribution in [-0.2, 0) is 18.3 Å². The number of hydrogen-bond donors (Lipinski definition) is 0. The summed E-state index contributed by atoms with van der Waals surface area (Å²) in [6.07, 6.45) is 4.31. The van der Waals surface area contributed by atoms with Gasteiger partial charge in [0.1, 0.15) is 5.82 Å². The van der Waals surface area contributed by atoms with E-state index in [0.717, 1.165) is 36.9 Å². The zero-order chi connectivity index (χ0) is 15.5. The number of hydrogen-bond acceptors (Lipinski definition) is 4. The van der Waals surface area contributed by atoms with Crippen LogP contribution in [-0.4, -0.2) is 51.4 Å². The van der Waals surface area contributed by atoms with Crippen LogP contribution in [0.25, 0.3) is 0 Å². The van der Waals surface area contributed by atoms with Crippen LogP contribution in [0, 0.1) is 0 Å². The Labute approximate surface area is 135 Å². The standard InChI is InChI=1S/C16H22N4OS/c1-3-19-8-9-20(15(21)11-13-5-4-10-22-13)12-14(19)16-17-6-7-18(16)2/h4-7,10,14H,3,8-9,11-12H2,1-2H3. The van der Waals surface area contributed by atoms with Gasteiger partial charge in [-0.25, -0.2) is 4.98 Å². The van der Waals surface area contributed by atoms with Crippen LogP contribution in [0.2, 0.25) is 0 Å².